The van der Waals surface area contributed by atoms with Gasteiger partial charge in [-0.2, -0.15) is 0 Å². The summed E-state index contributed by atoms with van der Waals surface area (Å²) in [6.45, 7) is 3.13. The summed E-state index contributed by atoms with van der Waals surface area (Å²) in [6.07, 6.45) is 1.51. The van der Waals surface area contributed by atoms with Gasteiger partial charge < -0.3 is 35.5 Å². The maximum absolute atomic E-state index is 13.2. The monoisotopic (exact) mass is 478 g/mol. The number of allylic oxidation sites excluding steroid dienone is 1. The Hall–Kier alpha value is -4.31. The van der Waals surface area contributed by atoms with Crippen molar-refractivity contribution in [3.63, 3.8) is 0 Å². The number of aliphatic hydroxyl groups excluding tert-OH is 1. The van der Waals surface area contributed by atoms with E-state index in [0.29, 0.717) is 33.7 Å². The molecule has 3 amide bonds. The standard InChI is InChI=1S/C25H26N4O6/c1-25(2,12-30)29-23(32)21-16(15-10-14(34-4)6-7-18(15)28-21)11-20-22(31)17-9-13(27-24(33)26-3)5-8-19(17)35-20/h5-11,28,30H,12H2,1-4H3,(H,29,32)(H2,26,27,33)/b20-11-. The summed E-state index contributed by atoms with van der Waals surface area (Å²) in [5.74, 6) is 0.0985. The first-order chi connectivity index (χ1) is 16.7. The molecule has 0 unspecified atom stereocenters. The Morgan fingerprint density at radius 1 is 1.20 bits per heavy atom. The third-order valence-electron chi connectivity index (χ3n) is 5.55. The Morgan fingerprint density at radius 2 is 1.97 bits per heavy atom. The zero-order chi connectivity index (χ0) is 25.3. The Morgan fingerprint density at radius 3 is 2.66 bits per heavy atom. The van der Waals surface area contributed by atoms with E-state index >= 15 is 0 Å². The molecule has 0 aliphatic carbocycles. The molecule has 10 nitrogen and oxygen atoms in total. The third kappa shape index (κ3) is 4.69. The van der Waals surface area contributed by atoms with E-state index in [-0.39, 0.29) is 29.4 Å². The number of ether oxygens (including phenoxy) is 2. The van der Waals surface area contributed by atoms with Crippen molar-refractivity contribution < 1.29 is 29.0 Å². The minimum atomic E-state index is -0.861. The summed E-state index contributed by atoms with van der Waals surface area (Å²) in [5.41, 5.74) is 1.16. The van der Waals surface area contributed by atoms with Crippen LogP contribution in [0.15, 0.2) is 42.2 Å². The number of hydrogen-bond acceptors (Lipinski definition) is 6. The second kappa shape index (κ2) is 9.15. The van der Waals surface area contributed by atoms with Gasteiger partial charge in [-0.05, 0) is 56.3 Å². The second-order valence-electron chi connectivity index (χ2n) is 8.68. The average Bonchev–Trinajstić information content (AvgIpc) is 3.36. The lowest BCUT2D eigenvalue weighted by Crippen LogP contribution is -2.46. The zero-order valence-corrected chi connectivity index (χ0v) is 19.7. The number of anilines is 1. The highest BCUT2D eigenvalue weighted by Gasteiger charge is 2.30. The number of fused-ring (bicyclic) bond motifs is 2. The molecule has 4 rings (SSSR count). The van der Waals surface area contributed by atoms with E-state index in [1.165, 1.54) is 26.3 Å². The molecule has 0 saturated heterocycles. The van der Waals surface area contributed by atoms with Crippen LogP contribution in [0.3, 0.4) is 0 Å². The van der Waals surface area contributed by atoms with Crippen LogP contribution in [0.2, 0.25) is 0 Å². The number of ketones is 1. The van der Waals surface area contributed by atoms with E-state index in [0.717, 1.165) is 0 Å². The highest BCUT2D eigenvalue weighted by atomic mass is 16.5. The van der Waals surface area contributed by atoms with Gasteiger partial charge in [-0.3, -0.25) is 9.59 Å². The van der Waals surface area contributed by atoms with Gasteiger partial charge in [0.15, 0.2) is 5.76 Å². The third-order valence-corrected chi connectivity index (χ3v) is 5.55. The number of nitrogens with one attached hydrogen (secondary N) is 4. The topological polar surface area (TPSA) is 142 Å². The summed E-state index contributed by atoms with van der Waals surface area (Å²) in [6, 6.07) is 9.61. The lowest BCUT2D eigenvalue weighted by molar-refractivity contribution is 0.0864. The van der Waals surface area contributed by atoms with E-state index in [2.05, 4.69) is 20.9 Å². The van der Waals surface area contributed by atoms with E-state index < -0.39 is 17.5 Å². The van der Waals surface area contributed by atoms with Crippen LogP contribution in [0.4, 0.5) is 10.5 Å². The highest BCUT2D eigenvalue weighted by molar-refractivity contribution is 6.17. The van der Waals surface area contributed by atoms with Crippen molar-refractivity contribution in [2.24, 2.45) is 0 Å². The number of aliphatic hydroxyl groups is 1. The maximum Gasteiger partial charge on any atom is 0.318 e. The van der Waals surface area contributed by atoms with Gasteiger partial charge in [0.2, 0.25) is 5.78 Å². The maximum atomic E-state index is 13.2. The molecule has 2 heterocycles. The summed E-state index contributed by atoms with van der Waals surface area (Å²) in [5, 5.41) is 18.1. The summed E-state index contributed by atoms with van der Waals surface area (Å²) < 4.78 is 11.1. The average molecular weight is 479 g/mol. The van der Waals surface area contributed by atoms with Crippen LogP contribution >= 0.6 is 0 Å². The predicted octanol–water partition coefficient (Wildman–Crippen LogP) is 3.04. The van der Waals surface area contributed by atoms with E-state index in [1.54, 1.807) is 44.2 Å². The van der Waals surface area contributed by atoms with Crippen molar-refractivity contribution in [1.82, 2.24) is 15.6 Å². The van der Waals surface area contributed by atoms with E-state index in [4.69, 9.17) is 9.47 Å². The molecule has 0 spiro atoms. The van der Waals surface area contributed by atoms with Gasteiger partial charge in [0.05, 0.1) is 24.8 Å². The fourth-order valence-electron chi connectivity index (χ4n) is 3.65. The zero-order valence-electron chi connectivity index (χ0n) is 19.7. The quantitative estimate of drug-likeness (QED) is 0.345. The molecule has 182 valence electrons. The summed E-state index contributed by atoms with van der Waals surface area (Å²) in [7, 11) is 3.03. The number of aromatic amines is 1. The molecule has 1 aliphatic heterocycles. The van der Waals surface area contributed by atoms with Crippen molar-refractivity contribution in [2.75, 3.05) is 26.1 Å². The molecular weight excluding hydrogens is 452 g/mol. The molecule has 3 aromatic rings. The molecule has 0 radical (unpaired) electrons. The van der Waals surface area contributed by atoms with Gasteiger partial charge in [0.1, 0.15) is 17.2 Å². The normalized spacial score (nSPS) is 14.0. The number of H-pyrrole nitrogens is 1. The number of rotatable bonds is 6. The second-order valence-corrected chi connectivity index (χ2v) is 8.68. The van der Waals surface area contributed by atoms with Gasteiger partial charge >= 0.3 is 6.03 Å². The molecule has 0 saturated carbocycles. The van der Waals surface area contributed by atoms with Crippen LogP contribution in [0.25, 0.3) is 17.0 Å². The van der Waals surface area contributed by atoms with Crippen LogP contribution < -0.4 is 25.4 Å². The van der Waals surface area contributed by atoms with Gasteiger partial charge in [0.25, 0.3) is 5.91 Å². The molecular formula is C25H26N4O6. The molecule has 2 aromatic carbocycles. The van der Waals surface area contributed by atoms with Gasteiger partial charge in [-0.25, -0.2) is 4.79 Å². The van der Waals surface area contributed by atoms with Gasteiger partial charge in [-0.1, -0.05) is 0 Å². The first-order valence-electron chi connectivity index (χ1n) is 10.9. The Balaban J connectivity index is 1.78. The molecule has 5 N–H and O–H groups in total. The smallest absolute Gasteiger partial charge is 0.318 e. The number of Topliss-reactive ketones (excluding diaryl/α,β-unsaturated/α-hetero) is 1. The first-order valence-corrected chi connectivity index (χ1v) is 10.9. The van der Waals surface area contributed by atoms with Gasteiger partial charge in [0, 0.05) is 29.2 Å². The van der Waals surface area contributed by atoms with Crippen LogP contribution in [-0.4, -0.2) is 54.1 Å². The van der Waals surface area contributed by atoms with Crippen LogP contribution in [-0.2, 0) is 0 Å². The molecule has 10 heteroatoms. The highest BCUT2D eigenvalue weighted by Crippen LogP contribution is 2.36. The SMILES string of the molecule is CNC(=O)Nc1ccc2c(c1)C(=O)/C(=C/c1c(C(=O)NC(C)(C)CO)[nH]c3ccc(OC)cc13)O2. The van der Waals surface area contributed by atoms with Crippen molar-refractivity contribution >= 4 is 40.4 Å². The van der Waals surface area contributed by atoms with E-state index in [1.807, 2.05) is 0 Å². The predicted molar refractivity (Wildman–Crippen MR) is 131 cm³/mol. The summed E-state index contributed by atoms with van der Waals surface area (Å²) >= 11 is 0. The number of carbonyl (C=O) groups excluding carboxylic acids is 3. The number of methoxy groups -OCH3 is 1. The lowest BCUT2D eigenvalue weighted by atomic mass is 10.0. The Bertz CT molecular complexity index is 1370. The fourth-order valence-corrected chi connectivity index (χ4v) is 3.65. The van der Waals surface area contributed by atoms with Crippen molar-refractivity contribution in [3.8, 4) is 11.5 Å². The largest absolute Gasteiger partial charge is 0.497 e. The van der Waals surface area contributed by atoms with Crippen molar-refractivity contribution in [3.05, 3.63) is 59.0 Å². The number of carbonyl (C=O) groups is 3. The van der Waals surface area contributed by atoms with Crippen molar-refractivity contribution in [2.45, 2.75) is 19.4 Å². The molecule has 0 fully saturated rings. The van der Waals surface area contributed by atoms with E-state index in [9.17, 15) is 19.5 Å². The molecule has 0 bridgehead atoms. The van der Waals surface area contributed by atoms with Crippen LogP contribution in [0.1, 0.15) is 40.3 Å². The number of aromatic nitrogens is 1. The lowest BCUT2D eigenvalue weighted by Gasteiger charge is -2.23. The number of amides is 3. The Kier molecular flexibility index (Phi) is 6.23. The number of hydrogen-bond donors (Lipinski definition) is 5. The summed E-state index contributed by atoms with van der Waals surface area (Å²) in [4.78, 5) is 41.0. The first kappa shape index (κ1) is 23.8. The van der Waals surface area contributed by atoms with Crippen LogP contribution in [0.5, 0.6) is 11.5 Å². The fraction of sp³-hybridized carbons (Fsp3) is 0.240. The number of urea groups is 1. The van der Waals surface area contributed by atoms with Gasteiger partial charge in [-0.15, -0.1) is 0 Å². The Labute approximate surface area is 201 Å². The minimum Gasteiger partial charge on any atom is -0.497 e. The molecule has 1 aliphatic rings. The minimum absolute atomic E-state index is 0.0243. The molecule has 35 heavy (non-hydrogen) atoms. The van der Waals surface area contributed by atoms with Crippen LogP contribution in [0, 0.1) is 0 Å². The molecule has 0 atom stereocenters. The molecule has 1 aromatic heterocycles. The van der Waals surface area contributed by atoms with Crippen molar-refractivity contribution in [1.29, 1.82) is 0 Å². The number of benzene rings is 2.